The predicted molar refractivity (Wildman–Crippen MR) is 32.9 cm³/mol. The van der Waals surface area contributed by atoms with Crippen molar-refractivity contribution in [1.82, 2.24) is 0 Å². The van der Waals surface area contributed by atoms with Crippen LogP contribution in [0.15, 0.2) is 0 Å². The molecular weight excluding hydrogens is 134 g/mol. The molecule has 4 nitrogen and oxygen atoms in total. The summed E-state index contributed by atoms with van der Waals surface area (Å²) < 4.78 is 4.83. The van der Waals surface area contributed by atoms with E-state index in [-0.39, 0.29) is 12.4 Å². The van der Waals surface area contributed by atoms with E-state index in [0.717, 1.165) is 0 Å². The molecule has 55 valence electrons. The molecule has 1 aliphatic rings. The highest BCUT2D eigenvalue weighted by Gasteiger charge is 2.40. The molecule has 4 heteroatoms. The van der Waals surface area contributed by atoms with Gasteiger partial charge >= 0.3 is 0 Å². The number of Topliss-reactive ketones (excluding diaryl/α,β-unsaturated/α-hetero) is 1. The molecule has 1 atom stereocenters. The Labute approximate surface area is 58.3 Å². The lowest BCUT2D eigenvalue weighted by Gasteiger charge is -2.15. The van der Waals surface area contributed by atoms with Gasteiger partial charge in [-0.1, -0.05) is 0 Å². The van der Waals surface area contributed by atoms with Gasteiger partial charge in [-0.2, -0.15) is 0 Å². The molecule has 0 aromatic carbocycles. The van der Waals surface area contributed by atoms with Crippen molar-refractivity contribution in [2.45, 2.75) is 12.5 Å². The molecule has 0 aliphatic carbocycles. The number of amides is 1. The predicted octanol–water partition coefficient (Wildman–Crippen LogP) is -0.966. The highest BCUT2D eigenvalue weighted by molar-refractivity contribution is 6.00. The summed E-state index contributed by atoms with van der Waals surface area (Å²) in [6, 6.07) is 0. The Balaban J connectivity index is 2.72. The van der Waals surface area contributed by atoms with Gasteiger partial charge in [0.2, 0.25) is 5.91 Å². The molecule has 2 N–H and O–H groups in total. The third-order valence-electron chi connectivity index (χ3n) is 1.44. The molecule has 1 aliphatic heterocycles. The summed E-state index contributed by atoms with van der Waals surface area (Å²) in [4.78, 5) is 21.2. The molecule has 0 aromatic heterocycles. The second-order valence-corrected chi connectivity index (χ2v) is 2.37. The van der Waals surface area contributed by atoms with Gasteiger partial charge < -0.3 is 10.5 Å². The standard InChI is InChI=1S/C6H8NO3/c1-6(5(7)9)2-4(8)3-10-6/h2H,3H2,1H3,(H2,7,9)/t6-/m0/s1. The van der Waals surface area contributed by atoms with Crippen LogP contribution in [-0.4, -0.2) is 23.9 Å². The van der Waals surface area contributed by atoms with Gasteiger partial charge in [-0.15, -0.1) is 0 Å². The average molecular weight is 142 g/mol. The monoisotopic (exact) mass is 142 g/mol. The van der Waals surface area contributed by atoms with Crippen LogP contribution in [0, 0.1) is 6.42 Å². The van der Waals surface area contributed by atoms with E-state index in [1.807, 2.05) is 0 Å². The lowest BCUT2D eigenvalue weighted by molar-refractivity contribution is -0.133. The number of ketones is 1. The van der Waals surface area contributed by atoms with Gasteiger partial charge in [-0.05, 0) is 6.92 Å². The number of rotatable bonds is 1. The van der Waals surface area contributed by atoms with E-state index in [0.29, 0.717) is 0 Å². The minimum absolute atomic E-state index is 0.0422. The maximum atomic E-state index is 10.6. The number of ether oxygens (including phenoxy) is 1. The molecule has 1 heterocycles. The average Bonchev–Trinajstić information content (AvgIpc) is 2.13. The third-order valence-corrected chi connectivity index (χ3v) is 1.44. The quantitative estimate of drug-likeness (QED) is 0.512. The number of hydrogen-bond donors (Lipinski definition) is 1. The fourth-order valence-corrected chi connectivity index (χ4v) is 0.754. The SMILES string of the molecule is C[C@@]1(C(N)=O)[CH]C(=O)CO1. The van der Waals surface area contributed by atoms with Crippen molar-refractivity contribution in [3.8, 4) is 0 Å². The first-order chi connectivity index (χ1) is 4.54. The van der Waals surface area contributed by atoms with Crippen LogP contribution in [-0.2, 0) is 14.3 Å². The lowest BCUT2D eigenvalue weighted by Crippen LogP contribution is -2.40. The summed E-state index contributed by atoms with van der Waals surface area (Å²) in [6.45, 7) is 1.43. The summed E-state index contributed by atoms with van der Waals surface area (Å²) in [7, 11) is 0. The first-order valence-electron chi connectivity index (χ1n) is 2.87. The van der Waals surface area contributed by atoms with Crippen LogP contribution in [0.25, 0.3) is 0 Å². The molecule has 1 radical (unpaired) electrons. The summed E-state index contributed by atoms with van der Waals surface area (Å²) in [5.74, 6) is -0.820. The third kappa shape index (κ3) is 1.02. The maximum Gasteiger partial charge on any atom is 0.250 e. The normalized spacial score (nSPS) is 32.7. The van der Waals surface area contributed by atoms with Gasteiger partial charge in [0, 0.05) is 0 Å². The van der Waals surface area contributed by atoms with Crippen LogP contribution in [0.4, 0.5) is 0 Å². The van der Waals surface area contributed by atoms with E-state index in [2.05, 4.69) is 0 Å². The second-order valence-electron chi connectivity index (χ2n) is 2.37. The molecule has 1 fully saturated rings. The minimum atomic E-state index is -1.17. The van der Waals surface area contributed by atoms with E-state index in [1.54, 1.807) is 0 Å². The Bertz CT molecular complexity index is 189. The van der Waals surface area contributed by atoms with Crippen molar-refractivity contribution < 1.29 is 14.3 Å². The zero-order valence-electron chi connectivity index (χ0n) is 5.59. The van der Waals surface area contributed by atoms with E-state index >= 15 is 0 Å². The minimum Gasteiger partial charge on any atom is -0.367 e. The number of nitrogens with two attached hydrogens (primary N) is 1. The number of carbonyl (C=O) groups excluding carboxylic acids is 2. The van der Waals surface area contributed by atoms with Crippen LogP contribution in [0.2, 0.25) is 0 Å². The van der Waals surface area contributed by atoms with Crippen molar-refractivity contribution in [2.75, 3.05) is 6.61 Å². The fraction of sp³-hybridized carbons (Fsp3) is 0.500. The molecule has 1 amide bonds. The summed E-state index contributed by atoms with van der Waals surface area (Å²) >= 11 is 0. The van der Waals surface area contributed by atoms with Crippen molar-refractivity contribution >= 4 is 11.7 Å². The number of carbonyl (C=O) groups is 2. The number of primary amides is 1. The molecule has 0 saturated carbocycles. The highest BCUT2D eigenvalue weighted by Crippen LogP contribution is 2.20. The zero-order chi connectivity index (χ0) is 7.78. The molecule has 10 heavy (non-hydrogen) atoms. The van der Waals surface area contributed by atoms with Gasteiger partial charge in [-0.25, -0.2) is 0 Å². The van der Waals surface area contributed by atoms with Crippen molar-refractivity contribution in [3.05, 3.63) is 6.42 Å². The van der Waals surface area contributed by atoms with Crippen LogP contribution < -0.4 is 5.73 Å². The molecular formula is C6H8NO3. The van der Waals surface area contributed by atoms with E-state index in [4.69, 9.17) is 10.5 Å². The van der Waals surface area contributed by atoms with E-state index in [9.17, 15) is 9.59 Å². The lowest BCUT2D eigenvalue weighted by atomic mass is 10.0. The van der Waals surface area contributed by atoms with Gasteiger partial charge in [0.1, 0.15) is 6.61 Å². The summed E-state index contributed by atoms with van der Waals surface area (Å²) in [5, 5.41) is 0. The van der Waals surface area contributed by atoms with Gasteiger partial charge in [0.15, 0.2) is 11.4 Å². The fourth-order valence-electron chi connectivity index (χ4n) is 0.754. The maximum absolute atomic E-state index is 10.6. The van der Waals surface area contributed by atoms with Gasteiger partial charge in [0.25, 0.3) is 0 Å². The molecule has 1 rings (SSSR count). The highest BCUT2D eigenvalue weighted by atomic mass is 16.5. The smallest absolute Gasteiger partial charge is 0.250 e. The summed E-state index contributed by atoms with van der Waals surface area (Å²) in [5.41, 5.74) is 3.78. The van der Waals surface area contributed by atoms with E-state index in [1.165, 1.54) is 13.3 Å². The van der Waals surface area contributed by atoms with Crippen LogP contribution >= 0.6 is 0 Å². The zero-order valence-corrected chi connectivity index (χ0v) is 5.59. The first-order valence-corrected chi connectivity index (χ1v) is 2.87. The Morgan fingerprint density at radius 3 is 2.70 bits per heavy atom. The largest absolute Gasteiger partial charge is 0.367 e. The molecule has 0 aromatic rings. The van der Waals surface area contributed by atoms with Crippen LogP contribution in [0.5, 0.6) is 0 Å². The molecule has 0 bridgehead atoms. The topological polar surface area (TPSA) is 69.4 Å². The Hall–Kier alpha value is -0.900. The Kier molecular flexibility index (Phi) is 1.48. The first kappa shape index (κ1) is 7.21. The van der Waals surface area contributed by atoms with E-state index < -0.39 is 11.5 Å². The van der Waals surface area contributed by atoms with Gasteiger partial charge in [-0.3, -0.25) is 9.59 Å². The molecule has 1 saturated heterocycles. The molecule has 0 unspecified atom stereocenters. The Morgan fingerprint density at radius 1 is 1.90 bits per heavy atom. The second kappa shape index (κ2) is 2.05. The van der Waals surface area contributed by atoms with Crippen LogP contribution in [0.1, 0.15) is 6.92 Å². The van der Waals surface area contributed by atoms with Crippen molar-refractivity contribution in [1.29, 1.82) is 0 Å². The Morgan fingerprint density at radius 2 is 2.50 bits per heavy atom. The molecule has 0 spiro atoms. The van der Waals surface area contributed by atoms with Gasteiger partial charge in [0.05, 0.1) is 6.42 Å². The number of hydrogen-bond acceptors (Lipinski definition) is 3. The van der Waals surface area contributed by atoms with Crippen molar-refractivity contribution in [2.24, 2.45) is 5.73 Å². The van der Waals surface area contributed by atoms with Crippen molar-refractivity contribution in [3.63, 3.8) is 0 Å². The van der Waals surface area contributed by atoms with Crippen LogP contribution in [0.3, 0.4) is 0 Å². The summed E-state index contributed by atoms with van der Waals surface area (Å²) in [6.07, 6.45) is 1.20.